The Morgan fingerprint density at radius 1 is 1.05 bits per heavy atom. The third-order valence-electron chi connectivity index (χ3n) is 3.66. The molecule has 1 atom stereocenters. The van der Waals surface area contributed by atoms with Gasteiger partial charge in [0.25, 0.3) is 0 Å². The number of Topliss-reactive ketones (excluding diaryl/α,β-unsaturated/α-hetero) is 1. The lowest BCUT2D eigenvalue weighted by Gasteiger charge is -2.35. The highest BCUT2D eigenvalue weighted by atomic mass is 16.5. The fourth-order valence-electron chi connectivity index (χ4n) is 2.60. The molecule has 3 N–H and O–H groups in total. The fourth-order valence-corrected chi connectivity index (χ4v) is 2.60. The van der Waals surface area contributed by atoms with Crippen LogP contribution in [0.15, 0.2) is 36.4 Å². The van der Waals surface area contributed by atoms with E-state index in [0.29, 0.717) is 0 Å². The highest BCUT2D eigenvalue weighted by Gasteiger charge is 2.39. The van der Waals surface area contributed by atoms with Gasteiger partial charge in [-0.25, -0.2) is 0 Å². The lowest BCUT2D eigenvalue weighted by Crippen LogP contribution is -2.36. The van der Waals surface area contributed by atoms with Gasteiger partial charge < -0.3 is 20.1 Å². The Labute approximate surface area is 121 Å². The van der Waals surface area contributed by atoms with Gasteiger partial charge in [-0.05, 0) is 24.6 Å². The second-order valence-corrected chi connectivity index (χ2v) is 5.32. The molecule has 0 unspecified atom stereocenters. The van der Waals surface area contributed by atoms with Gasteiger partial charge in [-0.3, -0.25) is 4.79 Å². The van der Waals surface area contributed by atoms with E-state index in [9.17, 15) is 20.1 Å². The van der Waals surface area contributed by atoms with Gasteiger partial charge in [-0.15, -0.1) is 0 Å². The molecule has 0 saturated heterocycles. The van der Waals surface area contributed by atoms with Crippen molar-refractivity contribution in [3.63, 3.8) is 0 Å². The van der Waals surface area contributed by atoms with Crippen molar-refractivity contribution in [1.82, 2.24) is 0 Å². The smallest absolute Gasteiger partial charge is 0.174 e. The van der Waals surface area contributed by atoms with Gasteiger partial charge in [0.15, 0.2) is 5.78 Å². The molecule has 21 heavy (non-hydrogen) atoms. The number of fused-ring (bicyclic) bond motifs is 1. The summed E-state index contributed by atoms with van der Waals surface area (Å²) < 4.78 is 5.85. The van der Waals surface area contributed by atoms with Gasteiger partial charge in [-0.1, -0.05) is 12.1 Å². The Hall–Kier alpha value is -2.69. The Morgan fingerprint density at radius 2 is 1.71 bits per heavy atom. The molecular weight excluding hydrogens is 272 g/mol. The van der Waals surface area contributed by atoms with Crippen molar-refractivity contribution in [3.05, 3.63) is 47.5 Å². The highest BCUT2D eigenvalue weighted by molar-refractivity contribution is 6.03. The summed E-state index contributed by atoms with van der Waals surface area (Å²) in [5.74, 6) is -0.444. The lowest BCUT2D eigenvalue weighted by molar-refractivity contribution is 0.0496. The zero-order chi connectivity index (χ0) is 15.2. The van der Waals surface area contributed by atoms with Crippen molar-refractivity contribution in [2.75, 3.05) is 0 Å². The minimum atomic E-state index is -0.919. The number of ether oxygens (including phenoxy) is 1. The van der Waals surface area contributed by atoms with Crippen LogP contribution >= 0.6 is 0 Å². The van der Waals surface area contributed by atoms with Crippen LogP contribution in [0.4, 0.5) is 0 Å². The molecule has 1 aliphatic heterocycles. The molecule has 0 aromatic heterocycles. The first-order chi connectivity index (χ1) is 9.89. The third kappa shape index (κ3) is 2.16. The number of aromatic hydroxyl groups is 3. The van der Waals surface area contributed by atoms with E-state index in [0.717, 1.165) is 11.6 Å². The molecule has 0 aliphatic carbocycles. The van der Waals surface area contributed by atoms with Crippen LogP contribution in [0.2, 0.25) is 0 Å². The maximum Gasteiger partial charge on any atom is 0.174 e. The highest BCUT2D eigenvalue weighted by Crippen LogP contribution is 2.44. The Bertz CT molecular complexity index is 720. The van der Waals surface area contributed by atoms with E-state index >= 15 is 0 Å². The number of hydrogen-bond donors (Lipinski definition) is 3. The van der Waals surface area contributed by atoms with Crippen molar-refractivity contribution in [1.29, 1.82) is 0 Å². The number of rotatable bonds is 1. The van der Waals surface area contributed by atoms with Crippen LogP contribution in [-0.4, -0.2) is 21.1 Å². The Kier molecular flexibility index (Phi) is 2.79. The van der Waals surface area contributed by atoms with E-state index in [1.165, 1.54) is 18.2 Å². The lowest BCUT2D eigenvalue weighted by atomic mass is 9.85. The summed E-state index contributed by atoms with van der Waals surface area (Å²) in [6, 6.07) is 8.81. The first kappa shape index (κ1) is 13.3. The van der Waals surface area contributed by atoms with Crippen LogP contribution in [-0.2, 0) is 5.60 Å². The molecule has 0 radical (unpaired) electrons. The van der Waals surface area contributed by atoms with E-state index in [-0.39, 0.29) is 40.8 Å². The predicted octanol–water partition coefficient (Wildman–Crippen LogP) is 2.68. The first-order valence-corrected chi connectivity index (χ1v) is 6.47. The van der Waals surface area contributed by atoms with Crippen molar-refractivity contribution in [2.45, 2.75) is 18.9 Å². The van der Waals surface area contributed by atoms with Gasteiger partial charge in [0.2, 0.25) is 0 Å². The Balaban J connectivity index is 2.09. The number of phenols is 3. The summed E-state index contributed by atoms with van der Waals surface area (Å²) in [7, 11) is 0. The van der Waals surface area contributed by atoms with E-state index in [2.05, 4.69) is 0 Å². The molecule has 3 rings (SSSR count). The minimum absolute atomic E-state index is 0.0586. The van der Waals surface area contributed by atoms with Crippen LogP contribution in [0.5, 0.6) is 23.0 Å². The summed E-state index contributed by atoms with van der Waals surface area (Å²) in [5.41, 5.74) is -0.107. The number of benzene rings is 2. The van der Waals surface area contributed by atoms with Crippen LogP contribution in [0.25, 0.3) is 0 Å². The van der Waals surface area contributed by atoms with E-state index < -0.39 is 5.60 Å². The molecule has 0 bridgehead atoms. The van der Waals surface area contributed by atoms with E-state index in [1.54, 1.807) is 19.1 Å². The molecule has 5 heteroatoms. The molecule has 0 spiro atoms. The third-order valence-corrected chi connectivity index (χ3v) is 3.66. The molecule has 0 fully saturated rings. The number of hydrogen-bond acceptors (Lipinski definition) is 5. The zero-order valence-corrected chi connectivity index (χ0v) is 11.3. The maximum atomic E-state index is 12.3. The number of phenolic OH excluding ortho intramolecular Hbond substituents is 3. The quantitative estimate of drug-likeness (QED) is 0.750. The molecule has 2 aromatic rings. The summed E-state index contributed by atoms with van der Waals surface area (Å²) in [6.07, 6.45) is 0.0586. The average Bonchev–Trinajstić information content (AvgIpc) is 2.37. The topological polar surface area (TPSA) is 87.0 Å². The predicted molar refractivity (Wildman–Crippen MR) is 74.8 cm³/mol. The van der Waals surface area contributed by atoms with Crippen molar-refractivity contribution >= 4 is 5.78 Å². The monoisotopic (exact) mass is 286 g/mol. The molecule has 2 aromatic carbocycles. The summed E-state index contributed by atoms with van der Waals surface area (Å²) in [4.78, 5) is 12.3. The standard InChI is InChI=1S/C16H14O5/c1-16(9-2-4-10(17)5-3-9)8-13(20)15-12(19)6-11(18)7-14(15)21-16/h2-7,17-19H,8H2,1H3/t16-/m0/s1. The summed E-state index contributed by atoms with van der Waals surface area (Å²) in [6.45, 7) is 1.75. The van der Waals surface area contributed by atoms with Crippen molar-refractivity contribution in [3.8, 4) is 23.0 Å². The van der Waals surface area contributed by atoms with Gasteiger partial charge in [-0.2, -0.15) is 0 Å². The fraction of sp³-hybridized carbons (Fsp3) is 0.188. The second-order valence-electron chi connectivity index (χ2n) is 5.32. The van der Waals surface area contributed by atoms with Crippen LogP contribution in [0.1, 0.15) is 29.3 Å². The number of carbonyl (C=O) groups excluding carboxylic acids is 1. The molecule has 0 amide bonds. The summed E-state index contributed by atoms with van der Waals surface area (Å²) >= 11 is 0. The SMILES string of the molecule is C[C@@]1(c2ccc(O)cc2)CC(=O)c2c(O)cc(O)cc2O1. The van der Waals surface area contributed by atoms with Gasteiger partial charge in [0, 0.05) is 12.1 Å². The van der Waals surface area contributed by atoms with Gasteiger partial charge >= 0.3 is 0 Å². The van der Waals surface area contributed by atoms with Crippen LogP contribution in [0, 0.1) is 0 Å². The normalized spacial score (nSPS) is 20.7. The van der Waals surface area contributed by atoms with E-state index in [1.807, 2.05) is 0 Å². The average molecular weight is 286 g/mol. The van der Waals surface area contributed by atoms with Crippen LogP contribution < -0.4 is 4.74 Å². The number of ketones is 1. The summed E-state index contributed by atoms with van der Waals surface area (Å²) in [5, 5.41) is 28.7. The second kappa shape index (κ2) is 4.41. The zero-order valence-electron chi connectivity index (χ0n) is 11.3. The van der Waals surface area contributed by atoms with Gasteiger partial charge in [0.1, 0.15) is 34.2 Å². The largest absolute Gasteiger partial charge is 0.508 e. The molecule has 0 saturated carbocycles. The molecule has 108 valence electrons. The van der Waals surface area contributed by atoms with Crippen molar-refractivity contribution in [2.24, 2.45) is 0 Å². The van der Waals surface area contributed by atoms with Crippen molar-refractivity contribution < 1.29 is 24.9 Å². The molecular formula is C16H14O5. The maximum absolute atomic E-state index is 12.3. The molecule has 5 nitrogen and oxygen atoms in total. The van der Waals surface area contributed by atoms with Crippen LogP contribution in [0.3, 0.4) is 0 Å². The first-order valence-electron chi connectivity index (χ1n) is 6.47. The van der Waals surface area contributed by atoms with E-state index in [4.69, 9.17) is 4.74 Å². The molecule has 1 aliphatic rings. The van der Waals surface area contributed by atoms with Gasteiger partial charge in [0.05, 0.1) is 6.42 Å². The number of carbonyl (C=O) groups is 1. The Morgan fingerprint density at radius 3 is 2.38 bits per heavy atom. The molecule has 1 heterocycles. The minimum Gasteiger partial charge on any atom is -0.508 e.